The minimum Gasteiger partial charge on any atom is -0.370 e. The molecule has 0 spiro atoms. The first-order valence-electron chi connectivity index (χ1n) is 10.5. The molecule has 1 saturated heterocycles. The molecule has 0 aliphatic carbocycles. The van der Waals surface area contributed by atoms with Crippen LogP contribution in [0.25, 0.3) is 11.1 Å². The number of carbonyl (C=O) groups excluding carboxylic acids is 2. The van der Waals surface area contributed by atoms with Gasteiger partial charge in [-0.3, -0.25) is 9.59 Å². The zero-order valence-electron chi connectivity index (χ0n) is 17.3. The van der Waals surface area contributed by atoms with Gasteiger partial charge in [-0.25, -0.2) is 0 Å². The number of nitrogens with zero attached hydrogens (tertiary/aromatic N) is 2. The number of aryl methyl sites for hydroxylation is 1. The second kappa shape index (κ2) is 10.2. The second-order valence-corrected chi connectivity index (χ2v) is 7.90. The SMILES string of the molecule is CN1CCN(C(=O)c2ccc(-c3ccc(CCCCCC(N)=O)cc3)cc2)CC1. The number of carbonyl (C=O) groups is 2. The highest BCUT2D eigenvalue weighted by atomic mass is 16.2. The normalized spacial score (nSPS) is 14.7. The molecule has 0 bridgehead atoms. The Labute approximate surface area is 173 Å². The Kier molecular flexibility index (Phi) is 7.42. The fourth-order valence-electron chi connectivity index (χ4n) is 3.67. The van der Waals surface area contributed by atoms with Crippen LogP contribution in [-0.4, -0.2) is 54.8 Å². The van der Waals surface area contributed by atoms with Gasteiger partial charge in [-0.05, 0) is 55.1 Å². The van der Waals surface area contributed by atoms with E-state index in [1.165, 1.54) is 5.56 Å². The lowest BCUT2D eigenvalue weighted by molar-refractivity contribution is -0.118. The summed E-state index contributed by atoms with van der Waals surface area (Å²) in [5.41, 5.74) is 9.49. The summed E-state index contributed by atoms with van der Waals surface area (Å²) in [5.74, 6) is -0.0954. The van der Waals surface area contributed by atoms with E-state index in [1.807, 2.05) is 29.2 Å². The smallest absolute Gasteiger partial charge is 0.253 e. The zero-order valence-corrected chi connectivity index (χ0v) is 17.3. The molecule has 0 unspecified atom stereocenters. The summed E-state index contributed by atoms with van der Waals surface area (Å²) < 4.78 is 0. The maximum absolute atomic E-state index is 12.7. The van der Waals surface area contributed by atoms with Crippen LogP contribution < -0.4 is 5.73 Å². The van der Waals surface area contributed by atoms with Crippen molar-refractivity contribution in [3.8, 4) is 11.1 Å². The number of benzene rings is 2. The Hall–Kier alpha value is -2.66. The van der Waals surface area contributed by atoms with E-state index in [9.17, 15) is 9.59 Å². The van der Waals surface area contributed by atoms with Gasteiger partial charge in [-0.15, -0.1) is 0 Å². The van der Waals surface area contributed by atoms with E-state index in [-0.39, 0.29) is 11.8 Å². The van der Waals surface area contributed by atoms with Crippen LogP contribution in [0.2, 0.25) is 0 Å². The molecule has 154 valence electrons. The number of amides is 2. The van der Waals surface area contributed by atoms with Crippen LogP contribution in [0.4, 0.5) is 0 Å². The summed E-state index contributed by atoms with van der Waals surface area (Å²) in [6.45, 7) is 3.45. The Balaban J connectivity index is 1.53. The molecule has 3 rings (SSSR count). The van der Waals surface area contributed by atoms with E-state index < -0.39 is 0 Å². The standard InChI is InChI=1S/C24H31N3O2/c1-26-15-17-27(18-16-26)24(29)22-13-11-21(12-14-22)20-9-7-19(8-10-20)5-3-2-4-6-23(25)28/h7-14H,2-6,15-18H2,1H3,(H2,25,28). The third-order valence-electron chi connectivity index (χ3n) is 5.60. The predicted molar refractivity (Wildman–Crippen MR) is 117 cm³/mol. The van der Waals surface area contributed by atoms with Crippen LogP contribution in [-0.2, 0) is 11.2 Å². The molecular formula is C24H31N3O2. The average molecular weight is 394 g/mol. The highest BCUT2D eigenvalue weighted by Crippen LogP contribution is 2.22. The maximum atomic E-state index is 12.7. The summed E-state index contributed by atoms with van der Waals surface area (Å²) in [7, 11) is 2.09. The lowest BCUT2D eigenvalue weighted by atomic mass is 10.00. The van der Waals surface area contributed by atoms with E-state index in [2.05, 4.69) is 36.2 Å². The van der Waals surface area contributed by atoms with Gasteiger partial charge in [-0.1, -0.05) is 42.8 Å². The van der Waals surface area contributed by atoms with Crippen LogP contribution in [0.3, 0.4) is 0 Å². The molecule has 5 nitrogen and oxygen atoms in total. The number of unbranched alkanes of at least 4 members (excludes halogenated alkanes) is 2. The highest BCUT2D eigenvalue weighted by molar-refractivity contribution is 5.94. The molecule has 0 radical (unpaired) electrons. The van der Waals surface area contributed by atoms with E-state index in [4.69, 9.17) is 5.73 Å². The Morgan fingerprint density at radius 1 is 0.828 bits per heavy atom. The molecule has 1 heterocycles. The zero-order chi connectivity index (χ0) is 20.6. The summed E-state index contributed by atoms with van der Waals surface area (Å²) in [6, 6.07) is 16.5. The molecule has 1 fully saturated rings. The molecule has 2 aromatic carbocycles. The van der Waals surface area contributed by atoms with Crippen LogP contribution >= 0.6 is 0 Å². The fraction of sp³-hybridized carbons (Fsp3) is 0.417. The summed E-state index contributed by atoms with van der Waals surface area (Å²) in [5, 5.41) is 0. The Morgan fingerprint density at radius 3 is 2.00 bits per heavy atom. The molecule has 1 aliphatic heterocycles. The largest absolute Gasteiger partial charge is 0.370 e. The first-order chi connectivity index (χ1) is 14.0. The number of hydrogen-bond donors (Lipinski definition) is 1. The van der Waals surface area contributed by atoms with Gasteiger partial charge < -0.3 is 15.5 Å². The van der Waals surface area contributed by atoms with Gasteiger partial charge in [0.15, 0.2) is 0 Å². The minimum atomic E-state index is -0.217. The first-order valence-corrected chi connectivity index (χ1v) is 10.5. The number of piperazine rings is 1. The lowest BCUT2D eigenvalue weighted by Gasteiger charge is -2.32. The number of likely N-dealkylation sites (N-methyl/N-ethyl adjacent to an activating group) is 1. The molecule has 0 atom stereocenters. The topological polar surface area (TPSA) is 66.6 Å². The van der Waals surface area contributed by atoms with Crippen molar-refractivity contribution in [3.63, 3.8) is 0 Å². The number of rotatable bonds is 8. The van der Waals surface area contributed by atoms with Gasteiger partial charge in [-0.2, -0.15) is 0 Å². The van der Waals surface area contributed by atoms with Crippen molar-refractivity contribution in [2.45, 2.75) is 32.1 Å². The minimum absolute atomic E-state index is 0.122. The van der Waals surface area contributed by atoms with Crippen molar-refractivity contribution in [1.29, 1.82) is 0 Å². The Bertz CT molecular complexity index is 807. The molecule has 2 amide bonds. The second-order valence-electron chi connectivity index (χ2n) is 7.90. The molecule has 2 aromatic rings. The molecule has 5 heteroatoms. The quantitative estimate of drug-likeness (QED) is 0.700. The molecule has 1 aliphatic rings. The number of primary amides is 1. The van der Waals surface area contributed by atoms with E-state index >= 15 is 0 Å². The number of nitrogens with two attached hydrogens (primary N) is 1. The van der Waals surface area contributed by atoms with Crippen molar-refractivity contribution >= 4 is 11.8 Å². The average Bonchev–Trinajstić information content (AvgIpc) is 2.74. The maximum Gasteiger partial charge on any atom is 0.253 e. The molecular weight excluding hydrogens is 362 g/mol. The van der Waals surface area contributed by atoms with Crippen LogP contribution in [0.5, 0.6) is 0 Å². The van der Waals surface area contributed by atoms with Gasteiger partial charge in [0.05, 0.1) is 0 Å². The van der Waals surface area contributed by atoms with Crippen molar-refractivity contribution in [1.82, 2.24) is 9.80 Å². The van der Waals surface area contributed by atoms with Crippen LogP contribution in [0, 0.1) is 0 Å². The Morgan fingerprint density at radius 2 is 1.41 bits per heavy atom. The van der Waals surface area contributed by atoms with Crippen molar-refractivity contribution in [3.05, 3.63) is 59.7 Å². The molecule has 2 N–H and O–H groups in total. The van der Waals surface area contributed by atoms with Crippen molar-refractivity contribution in [2.24, 2.45) is 5.73 Å². The first kappa shape index (κ1) is 21.1. The highest BCUT2D eigenvalue weighted by Gasteiger charge is 2.20. The van der Waals surface area contributed by atoms with E-state index in [0.717, 1.165) is 68.6 Å². The fourth-order valence-corrected chi connectivity index (χ4v) is 3.67. The molecule has 0 saturated carbocycles. The van der Waals surface area contributed by atoms with Gasteiger partial charge >= 0.3 is 0 Å². The van der Waals surface area contributed by atoms with Crippen molar-refractivity contribution < 1.29 is 9.59 Å². The third-order valence-corrected chi connectivity index (χ3v) is 5.60. The van der Waals surface area contributed by atoms with Gasteiger partial charge in [0.1, 0.15) is 0 Å². The molecule has 29 heavy (non-hydrogen) atoms. The van der Waals surface area contributed by atoms with E-state index in [1.54, 1.807) is 0 Å². The van der Waals surface area contributed by atoms with Gasteiger partial charge in [0.2, 0.25) is 5.91 Å². The van der Waals surface area contributed by atoms with E-state index in [0.29, 0.717) is 6.42 Å². The summed E-state index contributed by atoms with van der Waals surface area (Å²) in [6.07, 6.45) is 4.44. The number of hydrogen-bond acceptors (Lipinski definition) is 3. The monoisotopic (exact) mass is 393 g/mol. The van der Waals surface area contributed by atoms with Gasteiger partial charge in [0, 0.05) is 38.2 Å². The van der Waals surface area contributed by atoms with Crippen molar-refractivity contribution in [2.75, 3.05) is 33.2 Å². The predicted octanol–water partition coefficient (Wildman–Crippen LogP) is 3.33. The third kappa shape index (κ3) is 6.16. The van der Waals surface area contributed by atoms with Crippen LogP contribution in [0.15, 0.2) is 48.5 Å². The van der Waals surface area contributed by atoms with Crippen LogP contribution in [0.1, 0.15) is 41.6 Å². The lowest BCUT2D eigenvalue weighted by Crippen LogP contribution is -2.47. The summed E-state index contributed by atoms with van der Waals surface area (Å²) >= 11 is 0. The van der Waals surface area contributed by atoms with Gasteiger partial charge in [0.25, 0.3) is 5.91 Å². The molecule has 0 aromatic heterocycles. The summed E-state index contributed by atoms with van der Waals surface area (Å²) in [4.78, 5) is 27.6.